The number of thiol groups is 1. The van der Waals surface area contributed by atoms with Gasteiger partial charge in [-0.05, 0) is 24.6 Å². The summed E-state index contributed by atoms with van der Waals surface area (Å²) < 4.78 is 0. The van der Waals surface area contributed by atoms with Gasteiger partial charge in [-0.25, -0.2) is 0 Å². The highest BCUT2D eigenvalue weighted by Crippen LogP contribution is 2.00. The van der Waals surface area contributed by atoms with Gasteiger partial charge in [0, 0.05) is 4.90 Å². The predicted octanol–water partition coefficient (Wildman–Crippen LogP) is 2.95. The Morgan fingerprint density at radius 3 is 1.70 bits per heavy atom. The van der Waals surface area contributed by atoms with Crippen molar-refractivity contribution in [1.82, 2.24) is 0 Å². The van der Waals surface area contributed by atoms with Crippen LogP contribution in [0.2, 0.25) is 0 Å². The maximum Gasteiger partial charge on any atom is 0.00399 e. The van der Waals surface area contributed by atoms with Crippen LogP contribution >= 0.6 is 24.4 Å². The van der Waals surface area contributed by atoms with Crippen LogP contribution in [-0.4, -0.2) is 12.5 Å². The summed E-state index contributed by atoms with van der Waals surface area (Å²) in [5.74, 6) is 0. The van der Waals surface area contributed by atoms with Crippen LogP contribution in [0, 0.1) is 0 Å². The molecule has 0 amide bonds. The summed E-state index contributed by atoms with van der Waals surface area (Å²) in [4.78, 5) is 1.02. The Hall–Kier alpha value is -0.0800. The van der Waals surface area contributed by atoms with E-state index in [9.17, 15) is 0 Å². The van der Waals surface area contributed by atoms with E-state index in [4.69, 9.17) is 0 Å². The first-order chi connectivity index (χ1) is 4.81. The number of rotatable bonds is 0. The third-order valence-electron chi connectivity index (χ3n) is 0.756. The highest BCUT2D eigenvalue weighted by Gasteiger charge is 1.73. The largest absolute Gasteiger partial charge is 0.169 e. The van der Waals surface area contributed by atoms with Gasteiger partial charge in [-0.3, -0.25) is 0 Å². The van der Waals surface area contributed by atoms with E-state index in [-0.39, 0.29) is 0 Å². The molecular weight excluding hydrogens is 160 g/mol. The molecule has 0 aromatic heterocycles. The molecule has 56 valence electrons. The van der Waals surface area contributed by atoms with Crippen LogP contribution in [0.3, 0.4) is 0 Å². The zero-order valence-corrected chi connectivity index (χ0v) is 7.95. The molecule has 10 heavy (non-hydrogen) atoms. The summed E-state index contributed by atoms with van der Waals surface area (Å²) in [5, 5.41) is 0. The van der Waals surface area contributed by atoms with Crippen molar-refractivity contribution in [2.24, 2.45) is 0 Å². The van der Waals surface area contributed by atoms with E-state index < -0.39 is 0 Å². The van der Waals surface area contributed by atoms with E-state index in [0.717, 1.165) is 4.90 Å². The van der Waals surface area contributed by atoms with Crippen molar-refractivity contribution < 1.29 is 0 Å². The Labute approximate surface area is 72.4 Å². The minimum absolute atomic E-state index is 1.02. The van der Waals surface area contributed by atoms with E-state index in [1.165, 1.54) is 0 Å². The Bertz CT molecular complexity index is 149. The third-order valence-corrected chi connectivity index (χ3v) is 1.05. The van der Waals surface area contributed by atoms with Gasteiger partial charge in [0.1, 0.15) is 0 Å². The van der Waals surface area contributed by atoms with Gasteiger partial charge in [0.2, 0.25) is 0 Å². The van der Waals surface area contributed by atoms with Crippen molar-refractivity contribution in [1.29, 1.82) is 0 Å². The first kappa shape index (κ1) is 9.92. The summed E-state index contributed by atoms with van der Waals surface area (Å²) in [7, 11) is 0. The molecule has 0 radical (unpaired) electrons. The molecule has 0 N–H and O–H groups in total. The lowest BCUT2D eigenvalue weighted by molar-refractivity contribution is 1.48. The van der Waals surface area contributed by atoms with Gasteiger partial charge in [0.15, 0.2) is 0 Å². The van der Waals surface area contributed by atoms with Crippen molar-refractivity contribution >= 4 is 24.4 Å². The van der Waals surface area contributed by atoms with Crippen molar-refractivity contribution in [2.75, 3.05) is 12.5 Å². The molecule has 0 nitrogen and oxygen atoms in total. The van der Waals surface area contributed by atoms with E-state index in [2.05, 4.69) is 12.6 Å². The fraction of sp³-hybridized carbons (Fsp3) is 0.250. The fourth-order valence-electron chi connectivity index (χ4n) is 0.428. The van der Waals surface area contributed by atoms with E-state index in [1.807, 2.05) is 42.8 Å². The van der Waals surface area contributed by atoms with Crippen molar-refractivity contribution in [3.05, 3.63) is 30.3 Å². The first-order valence-electron chi connectivity index (χ1n) is 2.95. The quantitative estimate of drug-likeness (QED) is 0.587. The molecule has 1 aromatic rings. The first-order valence-corrected chi connectivity index (χ1v) is 5.03. The summed E-state index contributed by atoms with van der Waals surface area (Å²) in [6, 6.07) is 9.79. The molecule has 1 aromatic carbocycles. The standard InChI is InChI=1S/C6H6S.C2H6S/c7-6-4-2-1-3-5-6;1-3-2/h1-5,7H;1-2H3. The lowest BCUT2D eigenvalue weighted by Crippen LogP contribution is -1.56. The Morgan fingerprint density at radius 2 is 1.50 bits per heavy atom. The Morgan fingerprint density at radius 1 is 1.10 bits per heavy atom. The summed E-state index contributed by atoms with van der Waals surface area (Å²) in [6.07, 6.45) is 4.08. The number of hydrogen-bond donors (Lipinski definition) is 1. The summed E-state index contributed by atoms with van der Waals surface area (Å²) >= 11 is 5.83. The molecule has 0 aliphatic rings. The maximum atomic E-state index is 4.08. The van der Waals surface area contributed by atoms with E-state index >= 15 is 0 Å². The predicted molar refractivity (Wildman–Crippen MR) is 53.1 cm³/mol. The zero-order chi connectivity index (χ0) is 7.82. The van der Waals surface area contributed by atoms with Gasteiger partial charge in [-0.15, -0.1) is 12.6 Å². The second-order valence-electron chi connectivity index (χ2n) is 1.74. The van der Waals surface area contributed by atoms with Gasteiger partial charge in [-0.1, -0.05) is 18.2 Å². The summed E-state index contributed by atoms with van der Waals surface area (Å²) in [6.45, 7) is 0. The SMILES string of the molecule is CSC.Sc1ccccc1. The third kappa shape index (κ3) is 6.05. The molecule has 0 saturated carbocycles. The maximum absolute atomic E-state index is 4.08. The van der Waals surface area contributed by atoms with Crippen LogP contribution in [0.15, 0.2) is 35.2 Å². The minimum atomic E-state index is 1.02. The molecule has 0 spiro atoms. The van der Waals surface area contributed by atoms with Crippen molar-refractivity contribution in [3.63, 3.8) is 0 Å². The number of hydrogen-bond acceptors (Lipinski definition) is 2. The smallest absolute Gasteiger partial charge is 0.00399 e. The molecule has 0 aliphatic heterocycles. The molecular formula is C8H12S2. The molecule has 0 heterocycles. The molecule has 0 unspecified atom stereocenters. The van der Waals surface area contributed by atoms with Crippen LogP contribution < -0.4 is 0 Å². The lowest BCUT2D eigenvalue weighted by atomic mass is 10.4. The van der Waals surface area contributed by atoms with Crippen LogP contribution in [0.4, 0.5) is 0 Å². The van der Waals surface area contributed by atoms with Crippen LogP contribution in [0.1, 0.15) is 0 Å². The van der Waals surface area contributed by atoms with Gasteiger partial charge in [-0.2, -0.15) is 11.8 Å². The normalized spacial score (nSPS) is 7.90. The highest BCUT2D eigenvalue weighted by atomic mass is 32.2. The van der Waals surface area contributed by atoms with Gasteiger partial charge < -0.3 is 0 Å². The van der Waals surface area contributed by atoms with Gasteiger partial charge >= 0.3 is 0 Å². The number of benzene rings is 1. The van der Waals surface area contributed by atoms with Crippen molar-refractivity contribution in [3.8, 4) is 0 Å². The Kier molecular flexibility index (Phi) is 6.98. The average molecular weight is 172 g/mol. The Balaban J connectivity index is 0.000000236. The molecule has 0 saturated heterocycles. The van der Waals surface area contributed by atoms with Gasteiger partial charge in [0.25, 0.3) is 0 Å². The van der Waals surface area contributed by atoms with E-state index in [1.54, 1.807) is 11.8 Å². The van der Waals surface area contributed by atoms with Crippen molar-refractivity contribution in [2.45, 2.75) is 4.90 Å². The second kappa shape index (κ2) is 7.03. The molecule has 0 fully saturated rings. The zero-order valence-electron chi connectivity index (χ0n) is 6.24. The summed E-state index contributed by atoms with van der Waals surface area (Å²) in [5.41, 5.74) is 0. The average Bonchev–Trinajstić information content (AvgIpc) is 1.91. The van der Waals surface area contributed by atoms with Gasteiger partial charge in [0.05, 0.1) is 0 Å². The molecule has 0 bridgehead atoms. The molecule has 0 aliphatic carbocycles. The van der Waals surface area contributed by atoms with Crippen LogP contribution in [0.25, 0.3) is 0 Å². The number of thioether (sulfide) groups is 1. The molecule has 0 atom stereocenters. The van der Waals surface area contributed by atoms with E-state index in [0.29, 0.717) is 0 Å². The molecule has 2 heteroatoms. The topological polar surface area (TPSA) is 0 Å². The minimum Gasteiger partial charge on any atom is -0.169 e. The molecule has 1 rings (SSSR count). The van der Waals surface area contributed by atoms with Crippen LogP contribution in [-0.2, 0) is 0 Å². The fourth-order valence-corrected chi connectivity index (χ4v) is 0.600. The van der Waals surface area contributed by atoms with Crippen LogP contribution in [0.5, 0.6) is 0 Å². The second-order valence-corrected chi connectivity index (χ2v) is 3.08. The lowest BCUT2D eigenvalue weighted by Gasteiger charge is -1.81. The highest BCUT2D eigenvalue weighted by molar-refractivity contribution is 7.97. The monoisotopic (exact) mass is 172 g/mol.